The number of hydrogen-bond donors (Lipinski definition) is 3. The molecule has 1 saturated heterocycles. The summed E-state index contributed by atoms with van der Waals surface area (Å²) in [5.74, 6) is 0.0955. The van der Waals surface area contributed by atoms with Gasteiger partial charge in [0.1, 0.15) is 17.7 Å². The molecule has 1 aliphatic rings. The smallest absolute Gasteiger partial charge is 0.277 e. The monoisotopic (exact) mass is 527 g/mol. The first-order valence-corrected chi connectivity index (χ1v) is 13.2. The first kappa shape index (κ1) is 25.7. The van der Waals surface area contributed by atoms with E-state index < -0.39 is 22.6 Å². The highest BCUT2D eigenvalue weighted by molar-refractivity contribution is 7.85. The van der Waals surface area contributed by atoms with Crippen molar-refractivity contribution in [3.8, 4) is 5.75 Å². The molecule has 36 heavy (non-hydrogen) atoms. The zero-order valence-corrected chi connectivity index (χ0v) is 21.2. The SMILES string of the molecule is CCS(=O)c1ccc(C(=O)Nc2cccnc2C(=O)Nc2ccc(Cl)cn2)c(OC2CCNCC2)c1. The van der Waals surface area contributed by atoms with Gasteiger partial charge in [0.05, 0.1) is 27.1 Å². The van der Waals surface area contributed by atoms with Crippen LogP contribution in [0.4, 0.5) is 11.5 Å². The second-order valence-electron chi connectivity index (χ2n) is 8.03. The lowest BCUT2D eigenvalue weighted by atomic mass is 10.1. The second kappa shape index (κ2) is 12.1. The fourth-order valence-electron chi connectivity index (χ4n) is 3.69. The van der Waals surface area contributed by atoms with Crippen molar-refractivity contribution in [1.29, 1.82) is 0 Å². The van der Waals surface area contributed by atoms with Gasteiger partial charge in [0.2, 0.25) is 0 Å². The number of piperidine rings is 1. The third-order valence-electron chi connectivity index (χ3n) is 5.54. The van der Waals surface area contributed by atoms with Gasteiger partial charge in [-0.05, 0) is 68.4 Å². The van der Waals surface area contributed by atoms with Crippen LogP contribution in [0.5, 0.6) is 5.75 Å². The van der Waals surface area contributed by atoms with Crippen molar-refractivity contribution in [2.75, 3.05) is 29.5 Å². The summed E-state index contributed by atoms with van der Waals surface area (Å²) in [6, 6.07) is 11.3. The van der Waals surface area contributed by atoms with Crippen molar-refractivity contribution in [3.63, 3.8) is 0 Å². The van der Waals surface area contributed by atoms with Crippen molar-refractivity contribution >= 4 is 45.7 Å². The average molecular weight is 528 g/mol. The first-order chi connectivity index (χ1) is 17.4. The van der Waals surface area contributed by atoms with Gasteiger partial charge in [-0.3, -0.25) is 13.8 Å². The van der Waals surface area contributed by atoms with Gasteiger partial charge < -0.3 is 20.7 Å². The molecule has 0 spiro atoms. The number of rotatable bonds is 8. The zero-order chi connectivity index (χ0) is 25.5. The molecule has 2 aromatic heterocycles. The van der Waals surface area contributed by atoms with Crippen LogP contribution in [0.1, 0.15) is 40.6 Å². The largest absolute Gasteiger partial charge is 0.489 e. The van der Waals surface area contributed by atoms with Gasteiger partial charge >= 0.3 is 0 Å². The van der Waals surface area contributed by atoms with Gasteiger partial charge in [-0.1, -0.05) is 18.5 Å². The lowest BCUT2D eigenvalue weighted by Crippen LogP contribution is -2.34. The summed E-state index contributed by atoms with van der Waals surface area (Å²) in [6.07, 6.45) is 4.41. The van der Waals surface area contributed by atoms with Crippen molar-refractivity contribution in [3.05, 3.63) is 71.1 Å². The predicted octanol–water partition coefficient (Wildman–Crippen LogP) is 3.89. The van der Waals surface area contributed by atoms with Gasteiger partial charge in [-0.15, -0.1) is 0 Å². The van der Waals surface area contributed by atoms with Gasteiger partial charge in [0.25, 0.3) is 11.8 Å². The Kier molecular flexibility index (Phi) is 8.63. The summed E-state index contributed by atoms with van der Waals surface area (Å²) >= 11 is 5.85. The highest BCUT2D eigenvalue weighted by Crippen LogP contribution is 2.27. The normalized spacial score (nSPS) is 14.6. The molecule has 1 aromatic carbocycles. The van der Waals surface area contributed by atoms with Gasteiger partial charge in [0, 0.05) is 23.0 Å². The topological polar surface area (TPSA) is 122 Å². The molecule has 2 amide bonds. The first-order valence-electron chi connectivity index (χ1n) is 11.5. The van der Waals surface area contributed by atoms with Gasteiger partial charge in [0.15, 0.2) is 5.69 Å². The average Bonchev–Trinajstić information content (AvgIpc) is 2.90. The van der Waals surface area contributed by atoms with E-state index in [-0.39, 0.29) is 23.0 Å². The lowest BCUT2D eigenvalue weighted by molar-refractivity contribution is 0.101. The molecule has 0 saturated carbocycles. The quantitative estimate of drug-likeness (QED) is 0.406. The second-order valence-corrected chi connectivity index (χ2v) is 10.2. The molecule has 0 radical (unpaired) electrons. The van der Waals surface area contributed by atoms with Gasteiger partial charge in [-0.2, -0.15) is 0 Å². The number of anilines is 2. The summed E-state index contributed by atoms with van der Waals surface area (Å²) in [5.41, 5.74) is 0.523. The standard InChI is InChI=1S/C25H26ClN5O4S/c1-2-36(34)18-6-7-19(21(14-18)35-17-9-12-27-13-10-17)24(32)30-20-4-3-11-28-23(20)25(33)31-22-8-5-16(26)15-29-22/h3-8,11,14-15,17,27H,2,9-10,12-13H2,1H3,(H,30,32)(H,29,31,33). The lowest BCUT2D eigenvalue weighted by Gasteiger charge is -2.25. The number of amides is 2. The molecule has 3 heterocycles. The fraction of sp³-hybridized carbons (Fsp3) is 0.280. The van der Waals surface area contributed by atoms with E-state index in [1.165, 1.54) is 12.4 Å². The third-order valence-corrected chi connectivity index (χ3v) is 7.07. The maximum Gasteiger partial charge on any atom is 0.277 e. The molecule has 4 rings (SSSR count). The molecular weight excluding hydrogens is 502 g/mol. The summed E-state index contributed by atoms with van der Waals surface area (Å²) < 4.78 is 18.6. The third kappa shape index (κ3) is 6.45. The molecule has 11 heteroatoms. The summed E-state index contributed by atoms with van der Waals surface area (Å²) in [4.78, 5) is 35.0. The van der Waals surface area contributed by atoms with Crippen molar-refractivity contribution in [2.24, 2.45) is 0 Å². The minimum atomic E-state index is -1.20. The highest BCUT2D eigenvalue weighted by Gasteiger charge is 2.22. The van der Waals surface area contributed by atoms with Crippen LogP contribution in [0.25, 0.3) is 0 Å². The number of hydrogen-bond acceptors (Lipinski definition) is 7. The van der Waals surface area contributed by atoms with E-state index in [2.05, 4.69) is 25.9 Å². The minimum absolute atomic E-state index is 0.0205. The van der Waals surface area contributed by atoms with E-state index in [9.17, 15) is 13.8 Å². The molecule has 1 fully saturated rings. The predicted molar refractivity (Wildman–Crippen MR) is 139 cm³/mol. The number of benzene rings is 1. The number of halogens is 1. The number of pyridine rings is 2. The highest BCUT2D eigenvalue weighted by atomic mass is 35.5. The van der Waals surface area contributed by atoms with Crippen LogP contribution in [0.3, 0.4) is 0 Å². The number of carbonyl (C=O) groups is 2. The Balaban J connectivity index is 1.58. The van der Waals surface area contributed by atoms with Crippen LogP contribution < -0.4 is 20.7 Å². The number of nitrogens with one attached hydrogen (secondary N) is 3. The molecule has 3 N–H and O–H groups in total. The molecular formula is C25H26ClN5O4S. The molecule has 9 nitrogen and oxygen atoms in total. The number of aromatic nitrogens is 2. The molecule has 0 aliphatic carbocycles. The number of ether oxygens (including phenoxy) is 1. The molecule has 1 unspecified atom stereocenters. The van der Waals surface area contributed by atoms with Crippen molar-refractivity contribution in [1.82, 2.24) is 15.3 Å². The van der Waals surface area contributed by atoms with Crippen LogP contribution >= 0.6 is 11.6 Å². The maximum atomic E-state index is 13.3. The Bertz CT molecular complexity index is 1270. The summed E-state index contributed by atoms with van der Waals surface area (Å²) in [7, 11) is -1.20. The molecule has 188 valence electrons. The Hall–Kier alpha value is -3.34. The Morgan fingerprint density at radius 3 is 2.64 bits per heavy atom. The van der Waals surface area contributed by atoms with E-state index >= 15 is 0 Å². The summed E-state index contributed by atoms with van der Waals surface area (Å²) in [5, 5.41) is 9.14. The van der Waals surface area contributed by atoms with E-state index in [1.807, 2.05) is 6.92 Å². The molecule has 1 aliphatic heterocycles. The zero-order valence-electron chi connectivity index (χ0n) is 19.6. The minimum Gasteiger partial charge on any atom is -0.489 e. The fourth-order valence-corrected chi connectivity index (χ4v) is 4.59. The van der Waals surface area contributed by atoms with Crippen molar-refractivity contribution in [2.45, 2.75) is 30.8 Å². The van der Waals surface area contributed by atoms with E-state index in [0.717, 1.165) is 25.9 Å². The number of nitrogens with zero attached hydrogens (tertiary/aromatic N) is 2. The Morgan fingerprint density at radius 1 is 1.11 bits per heavy atom. The van der Waals surface area contributed by atoms with E-state index in [0.29, 0.717) is 27.2 Å². The van der Waals surface area contributed by atoms with Crippen LogP contribution in [-0.4, -0.2) is 50.9 Å². The molecule has 0 bridgehead atoms. The van der Waals surface area contributed by atoms with Crippen LogP contribution in [-0.2, 0) is 10.8 Å². The maximum absolute atomic E-state index is 13.3. The van der Waals surface area contributed by atoms with Crippen molar-refractivity contribution < 1.29 is 18.5 Å². The van der Waals surface area contributed by atoms with Crippen LogP contribution in [0.2, 0.25) is 5.02 Å². The molecule has 3 aromatic rings. The van der Waals surface area contributed by atoms with Crippen LogP contribution in [0, 0.1) is 0 Å². The summed E-state index contributed by atoms with van der Waals surface area (Å²) in [6.45, 7) is 3.48. The van der Waals surface area contributed by atoms with Crippen LogP contribution in [0.15, 0.2) is 59.8 Å². The molecule has 1 atom stereocenters. The number of carbonyl (C=O) groups excluding carboxylic acids is 2. The Morgan fingerprint density at radius 2 is 1.92 bits per heavy atom. The van der Waals surface area contributed by atoms with Gasteiger partial charge in [-0.25, -0.2) is 9.97 Å². The van der Waals surface area contributed by atoms with E-state index in [1.54, 1.807) is 42.5 Å². The van der Waals surface area contributed by atoms with E-state index in [4.69, 9.17) is 16.3 Å². The Labute approximate surface area is 216 Å².